The molecule has 0 aromatic carbocycles. The van der Waals surface area contributed by atoms with Gasteiger partial charge in [0.05, 0.1) is 12.5 Å². The highest BCUT2D eigenvalue weighted by molar-refractivity contribution is 5.85. The molecule has 0 radical (unpaired) electrons. The fourth-order valence-corrected chi connectivity index (χ4v) is 4.04. The lowest BCUT2D eigenvalue weighted by Crippen LogP contribution is -2.49. The van der Waals surface area contributed by atoms with Crippen LogP contribution in [-0.2, 0) is 14.3 Å². The molecule has 3 atom stereocenters. The Morgan fingerprint density at radius 2 is 2.05 bits per heavy atom. The summed E-state index contributed by atoms with van der Waals surface area (Å²) in [4.78, 5) is 23.4. The Balaban J connectivity index is 1.81. The highest BCUT2D eigenvalue weighted by Gasteiger charge is 2.56. The normalized spacial score (nSPS) is 39.7. The van der Waals surface area contributed by atoms with Gasteiger partial charge in [-0.1, -0.05) is 19.3 Å². The number of rotatable bonds is 2. The monoisotopic (exact) mass is 267 g/mol. The second kappa shape index (κ2) is 4.78. The lowest BCUT2D eigenvalue weighted by atomic mass is 9.79. The molecule has 1 aliphatic carbocycles. The van der Waals surface area contributed by atoms with Crippen molar-refractivity contribution < 1.29 is 19.4 Å². The van der Waals surface area contributed by atoms with Gasteiger partial charge in [-0.05, 0) is 25.2 Å². The van der Waals surface area contributed by atoms with Crippen LogP contribution in [0, 0.1) is 11.8 Å². The summed E-state index contributed by atoms with van der Waals surface area (Å²) in [6.45, 7) is 0.412. The van der Waals surface area contributed by atoms with Crippen LogP contribution in [0.25, 0.3) is 0 Å². The fourth-order valence-electron chi connectivity index (χ4n) is 4.04. The molecule has 0 unspecified atom stereocenters. The first-order valence-electron chi connectivity index (χ1n) is 7.30. The molecule has 0 aromatic rings. The van der Waals surface area contributed by atoms with Crippen molar-refractivity contribution >= 4 is 11.9 Å². The number of hydrogen-bond acceptors (Lipinski definition) is 4. The molecule has 106 valence electrons. The Labute approximate surface area is 112 Å². The molecule has 5 nitrogen and oxygen atoms in total. The van der Waals surface area contributed by atoms with E-state index in [4.69, 9.17) is 4.74 Å². The molecule has 3 rings (SSSR count). The summed E-state index contributed by atoms with van der Waals surface area (Å²) in [6, 6.07) is -0.0663. The molecule has 2 saturated heterocycles. The van der Waals surface area contributed by atoms with Crippen molar-refractivity contribution in [3.05, 3.63) is 0 Å². The first kappa shape index (κ1) is 12.9. The van der Waals surface area contributed by atoms with Gasteiger partial charge in [-0.3, -0.25) is 14.9 Å². The molecule has 0 amide bonds. The Morgan fingerprint density at radius 1 is 1.32 bits per heavy atom. The maximum absolute atomic E-state index is 11.9. The van der Waals surface area contributed by atoms with Crippen LogP contribution in [0.3, 0.4) is 0 Å². The Hall–Kier alpha value is -1.10. The van der Waals surface area contributed by atoms with Crippen LogP contribution in [-0.4, -0.2) is 35.2 Å². The van der Waals surface area contributed by atoms with Gasteiger partial charge in [-0.25, -0.2) is 0 Å². The van der Waals surface area contributed by atoms with Crippen molar-refractivity contribution in [2.24, 2.45) is 11.8 Å². The maximum atomic E-state index is 11.9. The zero-order valence-corrected chi connectivity index (χ0v) is 11.1. The Kier molecular flexibility index (Phi) is 3.25. The van der Waals surface area contributed by atoms with E-state index < -0.39 is 17.4 Å². The van der Waals surface area contributed by atoms with Gasteiger partial charge < -0.3 is 9.84 Å². The molecule has 2 heterocycles. The third kappa shape index (κ3) is 2.14. The van der Waals surface area contributed by atoms with E-state index in [0.717, 1.165) is 12.8 Å². The third-order valence-electron chi connectivity index (χ3n) is 5.07. The van der Waals surface area contributed by atoms with E-state index in [9.17, 15) is 14.7 Å². The number of ether oxygens (including phenoxy) is 1. The van der Waals surface area contributed by atoms with E-state index in [1.165, 1.54) is 19.3 Å². The molecule has 2 N–H and O–H groups in total. The average molecular weight is 267 g/mol. The number of aliphatic carboxylic acids is 1. The van der Waals surface area contributed by atoms with Gasteiger partial charge in [-0.15, -0.1) is 0 Å². The second-order valence-electron chi connectivity index (χ2n) is 6.19. The van der Waals surface area contributed by atoms with Crippen LogP contribution in [0.2, 0.25) is 0 Å². The minimum Gasteiger partial charge on any atom is -0.481 e. The first-order chi connectivity index (χ1) is 9.12. The van der Waals surface area contributed by atoms with Crippen molar-refractivity contribution in [2.45, 2.75) is 56.5 Å². The number of hydrogen-bond donors (Lipinski definition) is 2. The zero-order chi connectivity index (χ0) is 13.5. The number of carbonyl (C=O) groups is 2. The molecular weight excluding hydrogens is 246 g/mol. The summed E-state index contributed by atoms with van der Waals surface area (Å²) >= 11 is 0. The van der Waals surface area contributed by atoms with Gasteiger partial charge in [0.15, 0.2) is 0 Å². The molecule has 0 aromatic heterocycles. The fraction of sp³-hybridized carbons (Fsp3) is 0.857. The maximum Gasteiger partial charge on any atom is 0.326 e. The Morgan fingerprint density at radius 3 is 2.63 bits per heavy atom. The summed E-state index contributed by atoms with van der Waals surface area (Å²) in [6.07, 6.45) is 6.74. The topological polar surface area (TPSA) is 75.6 Å². The van der Waals surface area contributed by atoms with Crippen molar-refractivity contribution in [1.82, 2.24) is 5.32 Å². The first-order valence-corrected chi connectivity index (χ1v) is 7.30. The molecule has 1 saturated carbocycles. The van der Waals surface area contributed by atoms with Crippen LogP contribution >= 0.6 is 0 Å². The van der Waals surface area contributed by atoms with Crippen molar-refractivity contribution in [3.63, 3.8) is 0 Å². The minimum atomic E-state index is -0.778. The van der Waals surface area contributed by atoms with E-state index >= 15 is 0 Å². The Bertz CT molecular complexity index is 391. The molecule has 3 fully saturated rings. The predicted octanol–water partition coefficient (Wildman–Crippen LogP) is 1.32. The molecular formula is C14H21NO4. The van der Waals surface area contributed by atoms with Gasteiger partial charge in [0.2, 0.25) is 0 Å². The number of carboxylic acid groups (broad SMARTS) is 1. The number of cyclic esters (lactones) is 1. The number of carboxylic acids is 1. The number of carbonyl (C=O) groups excluding carboxylic acids is 1. The van der Waals surface area contributed by atoms with Crippen LogP contribution in [0.5, 0.6) is 0 Å². The highest BCUT2D eigenvalue weighted by atomic mass is 16.5. The van der Waals surface area contributed by atoms with E-state index in [1.807, 2.05) is 0 Å². The summed E-state index contributed by atoms with van der Waals surface area (Å²) in [5.41, 5.74) is -0.717. The second-order valence-corrected chi connectivity index (χ2v) is 6.19. The van der Waals surface area contributed by atoms with Crippen molar-refractivity contribution in [2.75, 3.05) is 6.61 Å². The molecule has 0 bridgehead atoms. The lowest BCUT2D eigenvalue weighted by Gasteiger charge is -2.31. The van der Waals surface area contributed by atoms with Crippen LogP contribution in [0.1, 0.15) is 44.9 Å². The van der Waals surface area contributed by atoms with Crippen molar-refractivity contribution in [3.8, 4) is 0 Å². The van der Waals surface area contributed by atoms with Crippen LogP contribution in [0.4, 0.5) is 0 Å². The van der Waals surface area contributed by atoms with E-state index in [-0.39, 0.29) is 12.0 Å². The SMILES string of the molecule is O=C(O)[C@@H]1C[C@@]2(CCOC2=O)N[C@@H]1C1CCCCC1. The molecule has 5 heteroatoms. The van der Waals surface area contributed by atoms with Crippen LogP contribution < -0.4 is 5.32 Å². The summed E-state index contributed by atoms with van der Waals surface area (Å²) in [5.74, 6) is -1.09. The van der Waals surface area contributed by atoms with Gasteiger partial charge in [0, 0.05) is 12.5 Å². The van der Waals surface area contributed by atoms with Gasteiger partial charge in [-0.2, -0.15) is 0 Å². The summed E-state index contributed by atoms with van der Waals surface area (Å²) in [7, 11) is 0. The zero-order valence-electron chi connectivity index (χ0n) is 11.1. The van der Waals surface area contributed by atoms with E-state index in [0.29, 0.717) is 25.4 Å². The highest BCUT2D eigenvalue weighted by Crippen LogP contribution is 2.41. The quantitative estimate of drug-likeness (QED) is 0.738. The predicted molar refractivity (Wildman–Crippen MR) is 67.5 cm³/mol. The number of esters is 1. The van der Waals surface area contributed by atoms with E-state index in [2.05, 4.69) is 5.32 Å². The average Bonchev–Trinajstić information content (AvgIpc) is 2.97. The lowest BCUT2D eigenvalue weighted by molar-refractivity contribution is -0.143. The smallest absolute Gasteiger partial charge is 0.326 e. The van der Waals surface area contributed by atoms with Gasteiger partial charge in [0.1, 0.15) is 5.54 Å². The van der Waals surface area contributed by atoms with Gasteiger partial charge in [0.25, 0.3) is 0 Å². The standard InChI is InChI=1S/C14H21NO4/c16-12(17)10-8-14(6-7-19-13(14)18)15-11(10)9-4-2-1-3-5-9/h9-11,15H,1-8H2,(H,16,17)/t10-,11-,14-/m1/s1. The molecule has 19 heavy (non-hydrogen) atoms. The van der Waals surface area contributed by atoms with Crippen LogP contribution in [0.15, 0.2) is 0 Å². The molecule has 1 spiro atoms. The summed E-state index contributed by atoms with van der Waals surface area (Å²) < 4.78 is 5.06. The molecule has 2 aliphatic heterocycles. The van der Waals surface area contributed by atoms with E-state index in [1.54, 1.807) is 0 Å². The minimum absolute atomic E-state index is 0.0663. The summed E-state index contributed by atoms with van der Waals surface area (Å²) in [5, 5.41) is 12.8. The number of nitrogens with one attached hydrogen (secondary N) is 1. The molecule has 3 aliphatic rings. The van der Waals surface area contributed by atoms with Gasteiger partial charge >= 0.3 is 11.9 Å². The third-order valence-corrected chi connectivity index (χ3v) is 5.07. The van der Waals surface area contributed by atoms with Crippen molar-refractivity contribution in [1.29, 1.82) is 0 Å². The largest absolute Gasteiger partial charge is 0.481 e.